The lowest BCUT2D eigenvalue weighted by molar-refractivity contribution is -0.384. The van der Waals surface area contributed by atoms with E-state index in [4.69, 9.17) is 4.74 Å². The second-order valence-electron chi connectivity index (χ2n) is 4.24. The molecule has 0 amide bonds. The first-order chi connectivity index (χ1) is 9.51. The van der Waals surface area contributed by atoms with Gasteiger partial charge in [0.2, 0.25) is 5.82 Å². The van der Waals surface area contributed by atoms with Gasteiger partial charge >= 0.3 is 11.7 Å². The highest BCUT2D eigenvalue weighted by atomic mass is 16.6. The van der Waals surface area contributed by atoms with Crippen LogP contribution >= 0.6 is 0 Å². The summed E-state index contributed by atoms with van der Waals surface area (Å²) in [7, 11) is 0. The maximum Gasteiger partial charge on any atom is 0.333 e. The van der Waals surface area contributed by atoms with Crippen molar-refractivity contribution in [1.29, 1.82) is 0 Å². The molecule has 112 valence electrons. The standard InChI is InChI=1S/C12H20N4O4/c1-4-8-15-12(11(16(18)19)9(3)14-15)13-7-6-10(17)20-5-2/h13H,4-8H2,1-3H3. The number of aryl methyl sites for hydroxylation is 2. The Labute approximate surface area is 117 Å². The summed E-state index contributed by atoms with van der Waals surface area (Å²) in [5.41, 5.74) is 0.324. The van der Waals surface area contributed by atoms with Crippen LogP contribution in [0, 0.1) is 17.0 Å². The van der Waals surface area contributed by atoms with Gasteiger partial charge in [-0.2, -0.15) is 5.10 Å². The van der Waals surface area contributed by atoms with Crippen molar-refractivity contribution in [2.24, 2.45) is 0 Å². The van der Waals surface area contributed by atoms with Gasteiger partial charge in [0, 0.05) is 13.1 Å². The molecule has 1 aromatic rings. The second-order valence-corrected chi connectivity index (χ2v) is 4.24. The quantitative estimate of drug-likeness (QED) is 0.444. The number of hydrogen-bond donors (Lipinski definition) is 1. The van der Waals surface area contributed by atoms with E-state index in [1.54, 1.807) is 18.5 Å². The zero-order chi connectivity index (χ0) is 15.1. The van der Waals surface area contributed by atoms with E-state index in [2.05, 4.69) is 10.4 Å². The zero-order valence-electron chi connectivity index (χ0n) is 12.0. The molecule has 0 radical (unpaired) electrons. The Morgan fingerprint density at radius 1 is 1.50 bits per heavy atom. The Bertz CT molecular complexity index is 484. The molecule has 8 heteroatoms. The van der Waals surface area contributed by atoms with Crippen LogP contribution in [0.25, 0.3) is 0 Å². The summed E-state index contributed by atoms with van der Waals surface area (Å²) in [5.74, 6) is 0.0135. The van der Waals surface area contributed by atoms with Crippen molar-refractivity contribution in [3.8, 4) is 0 Å². The maximum atomic E-state index is 11.2. The van der Waals surface area contributed by atoms with E-state index >= 15 is 0 Å². The molecule has 1 N–H and O–H groups in total. The van der Waals surface area contributed by atoms with Gasteiger partial charge in [-0.3, -0.25) is 14.9 Å². The number of nitrogens with one attached hydrogen (secondary N) is 1. The number of aromatic nitrogens is 2. The van der Waals surface area contributed by atoms with E-state index in [0.717, 1.165) is 6.42 Å². The molecule has 20 heavy (non-hydrogen) atoms. The minimum Gasteiger partial charge on any atom is -0.466 e. The first-order valence-electron chi connectivity index (χ1n) is 6.62. The molecule has 0 saturated carbocycles. The van der Waals surface area contributed by atoms with E-state index in [-0.39, 0.29) is 24.6 Å². The fraction of sp³-hybridized carbons (Fsp3) is 0.667. The number of nitro groups is 1. The Morgan fingerprint density at radius 2 is 2.20 bits per heavy atom. The SMILES string of the molecule is CCCn1nc(C)c([N+](=O)[O-])c1NCCC(=O)OCC. The van der Waals surface area contributed by atoms with Crippen molar-refractivity contribution in [1.82, 2.24) is 9.78 Å². The molecule has 0 atom stereocenters. The number of rotatable bonds is 8. The summed E-state index contributed by atoms with van der Waals surface area (Å²) >= 11 is 0. The molecular weight excluding hydrogens is 264 g/mol. The number of ether oxygens (including phenoxy) is 1. The topological polar surface area (TPSA) is 99.3 Å². The fourth-order valence-electron chi connectivity index (χ4n) is 1.86. The first kappa shape index (κ1) is 15.9. The molecule has 0 aliphatic rings. The molecule has 0 fully saturated rings. The second kappa shape index (κ2) is 7.46. The third-order valence-electron chi connectivity index (χ3n) is 2.64. The summed E-state index contributed by atoms with van der Waals surface area (Å²) < 4.78 is 6.37. The summed E-state index contributed by atoms with van der Waals surface area (Å²) in [6.07, 6.45) is 0.964. The van der Waals surface area contributed by atoms with Crippen LogP contribution in [0.5, 0.6) is 0 Å². The van der Waals surface area contributed by atoms with Crippen LogP contribution in [0.1, 0.15) is 32.4 Å². The number of esters is 1. The van der Waals surface area contributed by atoms with E-state index < -0.39 is 4.92 Å². The Morgan fingerprint density at radius 3 is 2.75 bits per heavy atom. The molecule has 0 unspecified atom stereocenters. The Kier molecular flexibility index (Phi) is 5.95. The van der Waals surface area contributed by atoms with Crippen molar-refractivity contribution >= 4 is 17.5 Å². The fourth-order valence-corrected chi connectivity index (χ4v) is 1.86. The number of nitrogens with zero attached hydrogens (tertiary/aromatic N) is 3. The molecule has 0 spiro atoms. The van der Waals surface area contributed by atoms with Gasteiger partial charge in [0.15, 0.2) is 0 Å². The Hall–Kier alpha value is -2.12. The van der Waals surface area contributed by atoms with Gasteiger partial charge in [-0.05, 0) is 20.3 Å². The van der Waals surface area contributed by atoms with Crippen molar-refractivity contribution in [2.45, 2.75) is 40.2 Å². The third-order valence-corrected chi connectivity index (χ3v) is 2.64. The van der Waals surface area contributed by atoms with E-state index in [9.17, 15) is 14.9 Å². The number of hydrogen-bond acceptors (Lipinski definition) is 6. The summed E-state index contributed by atoms with van der Waals surface area (Å²) in [5, 5.41) is 18.1. The van der Waals surface area contributed by atoms with Crippen LogP contribution in [-0.2, 0) is 16.1 Å². The largest absolute Gasteiger partial charge is 0.466 e. The lowest BCUT2D eigenvalue weighted by Gasteiger charge is -2.08. The van der Waals surface area contributed by atoms with Gasteiger partial charge < -0.3 is 10.1 Å². The summed E-state index contributed by atoms with van der Waals surface area (Å²) in [6, 6.07) is 0. The van der Waals surface area contributed by atoms with Crippen LogP contribution in [-0.4, -0.2) is 33.8 Å². The average molecular weight is 284 g/mol. The molecular formula is C12H20N4O4. The highest BCUT2D eigenvalue weighted by Crippen LogP contribution is 2.28. The van der Waals surface area contributed by atoms with Gasteiger partial charge in [0.1, 0.15) is 5.69 Å². The lowest BCUT2D eigenvalue weighted by atomic mass is 10.3. The molecule has 1 heterocycles. The molecule has 0 bridgehead atoms. The molecule has 0 saturated heterocycles. The predicted molar refractivity (Wildman–Crippen MR) is 73.6 cm³/mol. The summed E-state index contributed by atoms with van der Waals surface area (Å²) in [6.45, 7) is 6.47. The van der Waals surface area contributed by atoms with Crippen LogP contribution in [0.3, 0.4) is 0 Å². The number of anilines is 1. The van der Waals surface area contributed by atoms with Gasteiger partial charge in [-0.15, -0.1) is 0 Å². The highest BCUT2D eigenvalue weighted by molar-refractivity contribution is 5.70. The maximum absolute atomic E-state index is 11.2. The van der Waals surface area contributed by atoms with E-state index in [1.165, 1.54) is 0 Å². The molecule has 0 aliphatic carbocycles. The lowest BCUT2D eigenvalue weighted by Crippen LogP contribution is -2.14. The smallest absolute Gasteiger partial charge is 0.333 e. The molecule has 1 rings (SSSR count). The van der Waals surface area contributed by atoms with Crippen molar-refractivity contribution in [3.63, 3.8) is 0 Å². The van der Waals surface area contributed by atoms with Crippen LogP contribution in [0.4, 0.5) is 11.5 Å². The normalized spacial score (nSPS) is 10.3. The first-order valence-corrected chi connectivity index (χ1v) is 6.62. The monoisotopic (exact) mass is 284 g/mol. The van der Waals surface area contributed by atoms with Crippen LogP contribution < -0.4 is 5.32 Å². The highest BCUT2D eigenvalue weighted by Gasteiger charge is 2.24. The molecule has 1 aromatic heterocycles. The molecule has 0 aromatic carbocycles. The molecule has 0 aliphatic heterocycles. The van der Waals surface area contributed by atoms with Crippen LogP contribution in [0.2, 0.25) is 0 Å². The Balaban J connectivity index is 2.80. The minimum absolute atomic E-state index is 0.0395. The minimum atomic E-state index is -0.457. The average Bonchev–Trinajstić information content (AvgIpc) is 2.66. The number of carbonyl (C=O) groups is 1. The molecule has 8 nitrogen and oxygen atoms in total. The van der Waals surface area contributed by atoms with E-state index in [1.807, 2.05) is 6.92 Å². The van der Waals surface area contributed by atoms with Crippen molar-refractivity contribution < 1.29 is 14.5 Å². The van der Waals surface area contributed by atoms with Crippen molar-refractivity contribution in [3.05, 3.63) is 15.8 Å². The van der Waals surface area contributed by atoms with Gasteiger partial charge in [0.25, 0.3) is 0 Å². The third kappa shape index (κ3) is 3.94. The van der Waals surface area contributed by atoms with Gasteiger partial charge in [-0.1, -0.05) is 6.92 Å². The van der Waals surface area contributed by atoms with Gasteiger partial charge in [0.05, 0.1) is 18.0 Å². The predicted octanol–water partition coefficient (Wildman–Crippen LogP) is 1.87. The van der Waals surface area contributed by atoms with E-state index in [0.29, 0.717) is 24.7 Å². The van der Waals surface area contributed by atoms with Gasteiger partial charge in [-0.25, -0.2) is 4.68 Å². The van der Waals surface area contributed by atoms with Crippen LogP contribution in [0.15, 0.2) is 0 Å². The number of carbonyl (C=O) groups excluding carboxylic acids is 1. The van der Waals surface area contributed by atoms with Crippen molar-refractivity contribution in [2.75, 3.05) is 18.5 Å². The zero-order valence-corrected chi connectivity index (χ0v) is 12.0. The summed E-state index contributed by atoms with van der Waals surface area (Å²) in [4.78, 5) is 21.9.